The zero-order valence-electron chi connectivity index (χ0n) is 15.5. The number of anilines is 1. The Morgan fingerprint density at radius 2 is 2.28 bits per heavy atom. The number of hydrogen-bond donors (Lipinski definition) is 1. The van der Waals surface area contributed by atoms with Gasteiger partial charge < -0.3 is 10.1 Å². The van der Waals surface area contributed by atoms with Crippen LogP contribution in [0.3, 0.4) is 0 Å². The van der Waals surface area contributed by atoms with E-state index in [1.54, 1.807) is 6.07 Å². The number of ether oxygens (including phenoxy) is 1. The number of aryl methyl sites for hydroxylation is 1. The molecule has 10 nitrogen and oxygen atoms in total. The molecule has 2 aromatic rings. The van der Waals surface area contributed by atoms with Gasteiger partial charge in [0, 0.05) is 30.3 Å². The van der Waals surface area contributed by atoms with Crippen LogP contribution in [0.15, 0.2) is 18.2 Å². The first kappa shape index (κ1) is 20.6. The molecule has 1 aliphatic heterocycles. The van der Waals surface area contributed by atoms with E-state index in [1.807, 2.05) is 0 Å². The van der Waals surface area contributed by atoms with Crippen LogP contribution in [0, 0.1) is 15.9 Å². The van der Waals surface area contributed by atoms with Crippen LogP contribution in [0.5, 0.6) is 0 Å². The summed E-state index contributed by atoms with van der Waals surface area (Å²) >= 11 is 1.17. The Balaban J connectivity index is 1.67. The SMILES string of the molecule is CC(=O)NCC1CN(c2ccc(-c3nnc(CCC[N+](=O)[O-])s3)c(F)c2)C(=O)O1. The number of benzene rings is 1. The van der Waals surface area contributed by atoms with Gasteiger partial charge in [-0.2, -0.15) is 0 Å². The highest BCUT2D eigenvalue weighted by Gasteiger charge is 2.32. The smallest absolute Gasteiger partial charge is 0.414 e. The molecule has 0 saturated carbocycles. The third-order valence-electron chi connectivity index (χ3n) is 4.15. The maximum absolute atomic E-state index is 14.6. The molecule has 3 rings (SSSR count). The van der Waals surface area contributed by atoms with Gasteiger partial charge in [0.1, 0.15) is 16.9 Å². The summed E-state index contributed by atoms with van der Waals surface area (Å²) in [6, 6.07) is 4.29. The zero-order valence-corrected chi connectivity index (χ0v) is 16.3. The number of nitro groups is 1. The van der Waals surface area contributed by atoms with E-state index in [1.165, 1.54) is 35.3 Å². The third-order valence-corrected chi connectivity index (χ3v) is 5.16. The first-order valence-corrected chi connectivity index (χ1v) is 9.62. The normalized spacial score (nSPS) is 16.0. The minimum Gasteiger partial charge on any atom is -0.442 e. The van der Waals surface area contributed by atoms with Crippen molar-refractivity contribution >= 4 is 29.0 Å². The molecule has 1 unspecified atom stereocenters. The van der Waals surface area contributed by atoms with Crippen molar-refractivity contribution in [3.8, 4) is 10.6 Å². The van der Waals surface area contributed by atoms with Gasteiger partial charge in [-0.05, 0) is 18.2 Å². The van der Waals surface area contributed by atoms with Crippen LogP contribution < -0.4 is 10.2 Å². The quantitative estimate of drug-likeness (QED) is 0.508. The largest absolute Gasteiger partial charge is 0.442 e. The van der Waals surface area contributed by atoms with Gasteiger partial charge in [-0.3, -0.25) is 19.8 Å². The minimum atomic E-state index is -0.614. The molecule has 1 N–H and O–H groups in total. The van der Waals surface area contributed by atoms with Gasteiger partial charge in [0.25, 0.3) is 0 Å². The Morgan fingerprint density at radius 1 is 1.48 bits per heavy atom. The van der Waals surface area contributed by atoms with Crippen LogP contribution in [-0.2, 0) is 16.0 Å². The maximum atomic E-state index is 14.6. The predicted molar refractivity (Wildman–Crippen MR) is 102 cm³/mol. The Labute approximate surface area is 168 Å². The van der Waals surface area contributed by atoms with Crippen LogP contribution in [0.1, 0.15) is 18.4 Å². The topological polar surface area (TPSA) is 128 Å². The van der Waals surface area contributed by atoms with Crippen LogP contribution in [0.2, 0.25) is 0 Å². The number of carbonyl (C=O) groups excluding carboxylic acids is 2. The van der Waals surface area contributed by atoms with E-state index >= 15 is 0 Å². The van der Waals surface area contributed by atoms with E-state index in [9.17, 15) is 24.1 Å². The summed E-state index contributed by atoms with van der Waals surface area (Å²) in [7, 11) is 0. The van der Waals surface area contributed by atoms with Crippen molar-refractivity contribution in [1.82, 2.24) is 15.5 Å². The fourth-order valence-corrected chi connectivity index (χ4v) is 3.67. The summed E-state index contributed by atoms with van der Waals surface area (Å²) in [5, 5.41) is 21.8. The molecule has 1 aromatic heterocycles. The average molecular weight is 423 g/mol. The number of aromatic nitrogens is 2. The highest BCUT2D eigenvalue weighted by atomic mass is 32.1. The van der Waals surface area contributed by atoms with Crippen LogP contribution in [-0.4, -0.2) is 52.9 Å². The van der Waals surface area contributed by atoms with Gasteiger partial charge >= 0.3 is 6.09 Å². The Bertz CT molecular complexity index is 937. The van der Waals surface area contributed by atoms with Crippen molar-refractivity contribution in [2.24, 2.45) is 0 Å². The predicted octanol–water partition coefficient (Wildman–Crippen LogP) is 2.01. The van der Waals surface area contributed by atoms with E-state index < -0.39 is 22.9 Å². The average Bonchev–Trinajstić information content (AvgIpc) is 3.26. The molecule has 1 aromatic carbocycles. The number of hydrogen-bond acceptors (Lipinski definition) is 8. The number of nitrogens with zero attached hydrogens (tertiary/aromatic N) is 4. The van der Waals surface area contributed by atoms with Crippen LogP contribution in [0.4, 0.5) is 14.9 Å². The highest BCUT2D eigenvalue weighted by Crippen LogP contribution is 2.31. The van der Waals surface area contributed by atoms with Gasteiger partial charge in [0.15, 0.2) is 5.01 Å². The van der Waals surface area contributed by atoms with Crippen molar-refractivity contribution in [2.45, 2.75) is 25.9 Å². The van der Waals surface area contributed by atoms with Crippen molar-refractivity contribution in [2.75, 3.05) is 24.5 Å². The molecular weight excluding hydrogens is 405 g/mol. The molecule has 29 heavy (non-hydrogen) atoms. The second kappa shape index (κ2) is 8.90. The number of halogens is 1. The summed E-state index contributed by atoms with van der Waals surface area (Å²) in [4.78, 5) is 34.3. The molecule has 12 heteroatoms. The van der Waals surface area contributed by atoms with E-state index in [0.717, 1.165) is 0 Å². The second-order valence-corrected chi connectivity index (χ2v) is 7.44. The molecule has 0 aliphatic carbocycles. The monoisotopic (exact) mass is 423 g/mol. The van der Waals surface area contributed by atoms with Crippen molar-refractivity contribution in [3.63, 3.8) is 0 Å². The standard InChI is InChI=1S/C17H18FN5O5S/c1-10(24)19-8-12-9-22(17(25)28-12)11-4-5-13(14(18)7-11)16-21-20-15(29-16)3-2-6-23(26)27/h4-5,7,12H,2-3,6,8-9H2,1H3,(H,19,24). The summed E-state index contributed by atoms with van der Waals surface area (Å²) in [5.41, 5.74) is 0.562. The van der Waals surface area contributed by atoms with Gasteiger partial charge in [0.05, 0.1) is 18.8 Å². The Kier molecular flexibility index (Phi) is 6.32. The molecule has 1 aliphatic rings. The summed E-state index contributed by atoms with van der Waals surface area (Å²) in [5.74, 6) is -0.807. The molecule has 2 amide bonds. The Hall–Kier alpha value is -3.15. The number of rotatable bonds is 8. The number of nitrogens with one attached hydrogen (secondary N) is 1. The van der Waals surface area contributed by atoms with Crippen molar-refractivity contribution < 1.29 is 23.6 Å². The minimum absolute atomic E-state index is 0.160. The molecule has 0 bridgehead atoms. The summed E-state index contributed by atoms with van der Waals surface area (Å²) in [6.07, 6.45) is -0.400. The molecular formula is C17H18FN5O5S. The first-order valence-electron chi connectivity index (χ1n) is 8.80. The van der Waals surface area contributed by atoms with Gasteiger partial charge in [0.2, 0.25) is 12.5 Å². The first-order chi connectivity index (χ1) is 13.8. The van der Waals surface area contributed by atoms with E-state index in [0.29, 0.717) is 28.5 Å². The molecule has 154 valence electrons. The second-order valence-electron chi connectivity index (χ2n) is 6.38. The highest BCUT2D eigenvalue weighted by molar-refractivity contribution is 7.14. The van der Waals surface area contributed by atoms with E-state index in [2.05, 4.69) is 15.5 Å². The maximum Gasteiger partial charge on any atom is 0.414 e. The van der Waals surface area contributed by atoms with Gasteiger partial charge in [-0.25, -0.2) is 9.18 Å². The summed E-state index contributed by atoms with van der Waals surface area (Å²) in [6.45, 7) is 1.58. The fraction of sp³-hybridized carbons (Fsp3) is 0.412. The molecule has 1 fully saturated rings. The van der Waals surface area contributed by atoms with Crippen LogP contribution >= 0.6 is 11.3 Å². The number of carbonyl (C=O) groups is 2. The van der Waals surface area contributed by atoms with Crippen molar-refractivity contribution in [3.05, 3.63) is 39.1 Å². The van der Waals surface area contributed by atoms with E-state index in [4.69, 9.17) is 4.74 Å². The lowest BCUT2D eigenvalue weighted by molar-refractivity contribution is -0.480. The molecule has 1 atom stereocenters. The fourth-order valence-electron chi connectivity index (χ4n) is 2.76. The molecule has 1 saturated heterocycles. The number of cyclic esters (lactones) is 1. The zero-order chi connectivity index (χ0) is 21.0. The van der Waals surface area contributed by atoms with Crippen LogP contribution in [0.25, 0.3) is 10.6 Å². The third kappa shape index (κ3) is 5.22. The van der Waals surface area contributed by atoms with E-state index in [-0.39, 0.29) is 31.1 Å². The lowest BCUT2D eigenvalue weighted by atomic mass is 10.2. The lowest BCUT2D eigenvalue weighted by Gasteiger charge is -2.14. The number of amides is 2. The summed E-state index contributed by atoms with van der Waals surface area (Å²) < 4.78 is 19.8. The molecule has 2 heterocycles. The van der Waals surface area contributed by atoms with Gasteiger partial charge in [-0.15, -0.1) is 10.2 Å². The molecule has 0 radical (unpaired) electrons. The van der Waals surface area contributed by atoms with Gasteiger partial charge in [-0.1, -0.05) is 11.3 Å². The molecule has 0 spiro atoms. The van der Waals surface area contributed by atoms with Crippen molar-refractivity contribution in [1.29, 1.82) is 0 Å². The Morgan fingerprint density at radius 3 is 2.97 bits per heavy atom. The lowest BCUT2D eigenvalue weighted by Crippen LogP contribution is -2.33.